The normalized spacial score (nSPS) is 15.3. The van der Waals surface area contributed by atoms with Crippen LogP contribution in [0.5, 0.6) is 11.6 Å². The van der Waals surface area contributed by atoms with Crippen molar-refractivity contribution in [3.63, 3.8) is 0 Å². The van der Waals surface area contributed by atoms with E-state index in [0.717, 1.165) is 30.5 Å². The summed E-state index contributed by atoms with van der Waals surface area (Å²) < 4.78 is 28.8. The minimum atomic E-state index is -3.48. The molecule has 186 valence electrons. The van der Waals surface area contributed by atoms with Crippen LogP contribution >= 0.6 is 0 Å². The number of pyridine rings is 1. The van der Waals surface area contributed by atoms with E-state index in [2.05, 4.69) is 52.0 Å². The number of anilines is 1. The first-order chi connectivity index (χ1) is 16.4. The van der Waals surface area contributed by atoms with Gasteiger partial charge in [-0.2, -0.15) is 10.1 Å². The summed E-state index contributed by atoms with van der Waals surface area (Å²) in [5.41, 5.74) is 1.67. The monoisotopic (exact) mass is 501 g/mol. The molecule has 1 aliphatic heterocycles. The van der Waals surface area contributed by atoms with Gasteiger partial charge in [-0.15, -0.1) is 0 Å². The van der Waals surface area contributed by atoms with E-state index in [4.69, 9.17) is 4.74 Å². The number of aromatic amines is 1. The lowest BCUT2D eigenvalue weighted by Gasteiger charge is -2.31. The topological polar surface area (TPSA) is 157 Å². The van der Waals surface area contributed by atoms with Crippen LogP contribution in [-0.4, -0.2) is 57.8 Å². The largest absolute Gasteiger partial charge is 0.432 e. The third kappa shape index (κ3) is 5.39. The minimum Gasteiger partial charge on any atom is -0.432 e. The molecular formula is C22H27N7O5S. The predicted molar refractivity (Wildman–Crippen MR) is 128 cm³/mol. The molecule has 1 aliphatic rings. The summed E-state index contributed by atoms with van der Waals surface area (Å²) in [6, 6.07) is 4.74. The maximum atomic E-state index is 12.0. The highest BCUT2D eigenvalue weighted by Gasteiger charge is 2.32. The van der Waals surface area contributed by atoms with E-state index in [-0.39, 0.29) is 39.5 Å². The Morgan fingerprint density at radius 2 is 1.89 bits per heavy atom. The zero-order valence-electron chi connectivity index (χ0n) is 19.9. The van der Waals surface area contributed by atoms with Crippen LogP contribution in [0.25, 0.3) is 0 Å². The van der Waals surface area contributed by atoms with Crippen LogP contribution in [0.3, 0.4) is 0 Å². The summed E-state index contributed by atoms with van der Waals surface area (Å²) in [5.74, 6) is 0.335. The maximum Gasteiger partial charge on any atom is 0.373 e. The maximum absolute atomic E-state index is 12.0. The number of nitro groups is 1. The summed E-state index contributed by atoms with van der Waals surface area (Å²) in [6.07, 6.45) is 4.99. The van der Waals surface area contributed by atoms with E-state index in [1.807, 2.05) is 4.90 Å². The Kier molecular flexibility index (Phi) is 6.45. The fourth-order valence-electron chi connectivity index (χ4n) is 3.91. The second-order valence-electron chi connectivity index (χ2n) is 9.53. The Morgan fingerprint density at radius 1 is 1.17 bits per heavy atom. The molecule has 12 nitrogen and oxygen atoms in total. The lowest BCUT2D eigenvalue weighted by molar-refractivity contribution is -0.385. The zero-order chi connectivity index (χ0) is 25.4. The molecular weight excluding hydrogens is 474 g/mol. The molecule has 0 atom stereocenters. The van der Waals surface area contributed by atoms with Gasteiger partial charge in [-0.25, -0.2) is 18.4 Å². The van der Waals surface area contributed by atoms with Crippen molar-refractivity contribution < 1.29 is 18.1 Å². The standard InChI is InChI=1S/C22H27N7O5S/c1-22(2,3)17-11-16(26-27-17)14-7-9-28(10-8-14)20-19(29(30)31)21(25-13-24-20)34-15-5-6-18(23-12-15)35(4,32)33/h5-6,11-14H,7-10H2,1-4H3,(H,26,27). The smallest absolute Gasteiger partial charge is 0.373 e. The van der Waals surface area contributed by atoms with Crippen molar-refractivity contribution in [2.75, 3.05) is 24.2 Å². The highest BCUT2D eigenvalue weighted by atomic mass is 32.2. The van der Waals surface area contributed by atoms with Gasteiger partial charge in [0, 0.05) is 36.4 Å². The SMILES string of the molecule is CC(C)(C)c1cc(C2CCN(c3ncnc(Oc4ccc(S(C)(=O)=O)nc4)c3[N+](=O)[O-])CC2)[nH]n1. The Labute approximate surface area is 202 Å². The van der Waals surface area contributed by atoms with E-state index in [0.29, 0.717) is 13.1 Å². The Bertz CT molecular complexity index is 1320. The van der Waals surface area contributed by atoms with Crippen molar-refractivity contribution in [3.8, 4) is 11.6 Å². The third-order valence-corrected chi connectivity index (χ3v) is 6.86. The van der Waals surface area contributed by atoms with E-state index in [9.17, 15) is 18.5 Å². The number of hydrogen-bond acceptors (Lipinski definition) is 10. The van der Waals surface area contributed by atoms with Gasteiger partial charge in [0.05, 0.1) is 16.8 Å². The van der Waals surface area contributed by atoms with Crippen LogP contribution in [0.2, 0.25) is 0 Å². The summed E-state index contributed by atoms with van der Waals surface area (Å²) in [6.45, 7) is 7.46. The van der Waals surface area contributed by atoms with E-state index in [1.54, 1.807) is 0 Å². The second kappa shape index (κ2) is 9.21. The van der Waals surface area contributed by atoms with Gasteiger partial charge in [0.1, 0.15) is 12.1 Å². The number of nitrogens with zero attached hydrogens (tertiary/aromatic N) is 6. The van der Waals surface area contributed by atoms with Crippen molar-refractivity contribution in [3.05, 3.63) is 52.2 Å². The number of rotatable bonds is 6. The molecule has 0 amide bonds. The van der Waals surface area contributed by atoms with Gasteiger partial charge in [-0.05, 0) is 31.0 Å². The number of sulfone groups is 1. The summed E-state index contributed by atoms with van der Waals surface area (Å²) in [5, 5.41) is 19.4. The fourth-order valence-corrected chi connectivity index (χ4v) is 4.47. The number of ether oxygens (including phenoxy) is 1. The molecule has 3 aromatic rings. The number of nitrogens with one attached hydrogen (secondary N) is 1. The van der Waals surface area contributed by atoms with E-state index in [1.165, 1.54) is 24.7 Å². The van der Waals surface area contributed by atoms with Gasteiger partial charge in [-0.3, -0.25) is 15.2 Å². The molecule has 1 saturated heterocycles. The van der Waals surface area contributed by atoms with Gasteiger partial charge in [-0.1, -0.05) is 20.8 Å². The Morgan fingerprint density at radius 3 is 2.43 bits per heavy atom. The van der Waals surface area contributed by atoms with Crippen LogP contribution in [-0.2, 0) is 15.3 Å². The van der Waals surface area contributed by atoms with Crippen molar-refractivity contribution >= 4 is 21.3 Å². The molecule has 0 radical (unpaired) electrons. The van der Waals surface area contributed by atoms with Gasteiger partial charge in [0.2, 0.25) is 5.82 Å². The van der Waals surface area contributed by atoms with Crippen LogP contribution in [0.4, 0.5) is 11.5 Å². The molecule has 35 heavy (non-hydrogen) atoms. The molecule has 3 aromatic heterocycles. The van der Waals surface area contributed by atoms with Crippen LogP contribution in [0.15, 0.2) is 35.7 Å². The molecule has 0 aliphatic carbocycles. The van der Waals surface area contributed by atoms with Crippen LogP contribution in [0, 0.1) is 10.1 Å². The van der Waals surface area contributed by atoms with Gasteiger partial charge in [0.25, 0.3) is 0 Å². The third-order valence-electron chi connectivity index (χ3n) is 5.86. The minimum absolute atomic E-state index is 0.0476. The molecule has 4 rings (SSSR count). The fraction of sp³-hybridized carbons (Fsp3) is 0.455. The highest BCUT2D eigenvalue weighted by molar-refractivity contribution is 7.90. The van der Waals surface area contributed by atoms with Gasteiger partial charge < -0.3 is 9.64 Å². The summed E-state index contributed by atoms with van der Waals surface area (Å²) >= 11 is 0. The molecule has 4 heterocycles. The number of piperidine rings is 1. The van der Waals surface area contributed by atoms with Crippen molar-refractivity contribution in [1.29, 1.82) is 0 Å². The van der Waals surface area contributed by atoms with Crippen LogP contribution < -0.4 is 9.64 Å². The number of H-pyrrole nitrogens is 1. The second-order valence-corrected chi connectivity index (χ2v) is 11.5. The Balaban J connectivity index is 1.52. The molecule has 13 heteroatoms. The van der Waals surface area contributed by atoms with Gasteiger partial charge in [0.15, 0.2) is 14.9 Å². The molecule has 0 unspecified atom stereocenters. The molecule has 1 N–H and O–H groups in total. The quantitative estimate of drug-likeness (QED) is 0.392. The molecule has 1 fully saturated rings. The zero-order valence-corrected chi connectivity index (χ0v) is 20.7. The van der Waals surface area contributed by atoms with Crippen LogP contribution in [0.1, 0.15) is 50.9 Å². The number of hydrogen-bond donors (Lipinski definition) is 1. The average molecular weight is 502 g/mol. The first-order valence-corrected chi connectivity index (χ1v) is 13.0. The lowest BCUT2D eigenvalue weighted by atomic mass is 9.89. The molecule has 0 spiro atoms. The van der Waals surface area contributed by atoms with Crippen molar-refractivity contribution in [2.45, 2.75) is 50.0 Å². The summed E-state index contributed by atoms with van der Waals surface area (Å²) in [7, 11) is -3.48. The number of aromatic nitrogens is 5. The van der Waals surface area contributed by atoms with E-state index >= 15 is 0 Å². The van der Waals surface area contributed by atoms with Crippen molar-refractivity contribution in [2.24, 2.45) is 0 Å². The first kappa shape index (κ1) is 24.5. The summed E-state index contributed by atoms with van der Waals surface area (Å²) in [4.78, 5) is 25.2. The molecule has 0 aromatic carbocycles. The lowest BCUT2D eigenvalue weighted by Crippen LogP contribution is -2.34. The average Bonchev–Trinajstić information content (AvgIpc) is 3.30. The first-order valence-electron chi connectivity index (χ1n) is 11.1. The highest BCUT2D eigenvalue weighted by Crippen LogP contribution is 2.38. The molecule has 0 saturated carbocycles. The predicted octanol–water partition coefficient (Wildman–Crippen LogP) is 3.38. The Hall–Kier alpha value is -3.61. The van der Waals surface area contributed by atoms with Crippen molar-refractivity contribution in [1.82, 2.24) is 25.1 Å². The van der Waals surface area contributed by atoms with E-state index < -0.39 is 14.8 Å². The van der Waals surface area contributed by atoms with Gasteiger partial charge >= 0.3 is 11.6 Å². The molecule has 0 bridgehead atoms.